The minimum Gasteiger partial charge on any atom is -0.382 e. The van der Waals surface area contributed by atoms with Gasteiger partial charge in [-0.25, -0.2) is 9.97 Å². The predicted molar refractivity (Wildman–Crippen MR) is 86.5 cm³/mol. The summed E-state index contributed by atoms with van der Waals surface area (Å²) in [5.41, 5.74) is 7.47. The van der Waals surface area contributed by atoms with Crippen LogP contribution in [0.4, 0.5) is 5.82 Å². The Bertz CT molecular complexity index is 880. The summed E-state index contributed by atoms with van der Waals surface area (Å²) >= 11 is 6.06. The van der Waals surface area contributed by atoms with Crippen LogP contribution in [0.1, 0.15) is 21.7 Å². The molecular weight excluding hydrogens is 332 g/mol. The Hall–Kier alpha value is -3.07. The molecule has 9 nitrogen and oxygen atoms in total. The molecule has 0 saturated heterocycles. The lowest BCUT2D eigenvalue weighted by Crippen LogP contribution is -2.26. The van der Waals surface area contributed by atoms with Gasteiger partial charge in [-0.05, 0) is 18.6 Å². The molecule has 0 fully saturated rings. The first kappa shape index (κ1) is 15.8. The van der Waals surface area contributed by atoms with Gasteiger partial charge in [-0.3, -0.25) is 9.78 Å². The van der Waals surface area contributed by atoms with E-state index in [9.17, 15) is 4.79 Å². The van der Waals surface area contributed by atoms with Gasteiger partial charge in [0.15, 0.2) is 16.7 Å². The van der Waals surface area contributed by atoms with Crippen LogP contribution < -0.4 is 11.1 Å². The zero-order valence-electron chi connectivity index (χ0n) is 12.6. The monoisotopic (exact) mass is 344 g/mol. The minimum absolute atomic E-state index is 0.0282. The molecule has 0 aromatic carbocycles. The molecule has 0 saturated carbocycles. The van der Waals surface area contributed by atoms with Crippen molar-refractivity contribution in [3.05, 3.63) is 52.8 Å². The molecule has 3 heterocycles. The molecule has 10 heteroatoms. The van der Waals surface area contributed by atoms with E-state index >= 15 is 0 Å². The van der Waals surface area contributed by atoms with Crippen molar-refractivity contribution in [3.63, 3.8) is 0 Å². The molecule has 0 spiro atoms. The number of anilines is 1. The number of amides is 1. The molecule has 0 unspecified atom stereocenters. The van der Waals surface area contributed by atoms with Crippen molar-refractivity contribution in [1.82, 2.24) is 35.3 Å². The summed E-state index contributed by atoms with van der Waals surface area (Å²) in [6, 6.07) is 3.73. The lowest BCUT2D eigenvalue weighted by atomic mass is 10.2. The second-order valence-corrected chi connectivity index (χ2v) is 5.20. The molecule has 1 amide bonds. The number of carbonyl (C=O) groups is 1. The van der Waals surface area contributed by atoms with Crippen molar-refractivity contribution in [1.29, 1.82) is 0 Å². The highest BCUT2D eigenvalue weighted by Crippen LogP contribution is 2.18. The first-order chi connectivity index (χ1) is 11.6. The topological polar surface area (TPSA) is 124 Å². The third kappa shape index (κ3) is 3.15. The van der Waals surface area contributed by atoms with Gasteiger partial charge >= 0.3 is 0 Å². The van der Waals surface area contributed by atoms with E-state index in [0.717, 1.165) is 11.3 Å². The first-order valence-electron chi connectivity index (χ1n) is 6.94. The third-order valence-corrected chi connectivity index (χ3v) is 3.47. The average molecular weight is 345 g/mol. The van der Waals surface area contributed by atoms with Gasteiger partial charge in [0.25, 0.3) is 5.91 Å². The minimum atomic E-state index is -0.494. The van der Waals surface area contributed by atoms with Crippen LogP contribution in [0.2, 0.25) is 5.15 Å². The third-order valence-electron chi connectivity index (χ3n) is 3.22. The number of aryl methyl sites for hydroxylation is 1. The van der Waals surface area contributed by atoms with Crippen LogP contribution in [-0.2, 0) is 6.54 Å². The van der Waals surface area contributed by atoms with Gasteiger partial charge in [0.05, 0.1) is 24.6 Å². The van der Waals surface area contributed by atoms with E-state index in [2.05, 4.69) is 30.5 Å². The van der Waals surface area contributed by atoms with Crippen LogP contribution in [0.25, 0.3) is 5.82 Å². The molecule has 24 heavy (non-hydrogen) atoms. The molecule has 0 aliphatic heterocycles. The summed E-state index contributed by atoms with van der Waals surface area (Å²) in [7, 11) is 0. The van der Waals surface area contributed by atoms with E-state index in [4.69, 9.17) is 17.3 Å². The molecule has 3 aromatic rings. The molecule has 0 atom stereocenters. The van der Waals surface area contributed by atoms with Crippen LogP contribution in [0.15, 0.2) is 30.7 Å². The van der Waals surface area contributed by atoms with Crippen LogP contribution in [0.3, 0.4) is 0 Å². The summed E-state index contributed by atoms with van der Waals surface area (Å²) in [5.74, 6) is -0.412. The number of carbonyl (C=O) groups excluding carboxylic acids is 1. The first-order valence-corrected chi connectivity index (χ1v) is 7.32. The van der Waals surface area contributed by atoms with Crippen LogP contribution in [0.5, 0.6) is 0 Å². The maximum absolute atomic E-state index is 12.3. The highest BCUT2D eigenvalue weighted by atomic mass is 35.5. The quantitative estimate of drug-likeness (QED) is 0.721. The van der Waals surface area contributed by atoms with Crippen molar-refractivity contribution in [2.45, 2.75) is 13.5 Å². The Morgan fingerprint density at radius 2 is 2.04 bits per heavy atom. The Balaban J connectivity index is 1.80. The maximum atomic E-state index is 12.3. The lowest BCUT2D eigenvalue weighted by Gasteiger charge is -2.09. The second kappa shape index (κ2) is 6.59. The number of nitrogens with two attached hydrogens (primary N) is 1. The molecule has 0 aliphatic rings. The lowest BCUT2D eigenvalue weighted by molar-refractivity contribution is 0.0946. The predicted octanol–water partition coefficient (Wildman–Crippen LogP) is 0.926. The Labute approximate surface area is 141 Å². The van der Waals surface area contributed by atoms with Crippen LogP contribution in [0, 0.1) is 6.92 Å². The molecule has 3 aromatic heterocycles. The molecule has 0 radical (unpaired) electrons. The Morgan fingerprint density at radius 3 is 2.75 bits per heavy atom. The van der Waals surface area contributed by atoms with Gasteiger partial charge in [0.2, 0.25) is 5.82 Å². The van der Waals surface area contributed by atoms with E-state index in [1.54, 1.807) is 6.20 Å². The van der Waals surface area contributed by atoms with Crippen molar-refractivity contribution < 1.29 is 4.79 Å². The van der Waals surface area contributed by atoms with Crippen molar-refractivity contribution in [3.8, 4) is 5.82 Å². The zero-order valence-corrected chi connectivity index (χ0v) is 13.4. The van der Waals surface area contributed by atoms with E-state index in [1.165, 1.54) is 17.2 Å². The van der Waals surface area contributed by atoms with Gasteiger partial charge in [-0.2, -0.15) is 10.2 Å². The van der Waals surface area contributed by atoms with E-state index in [-0.39, 0.29) is 29.0 Å². The molecule has 3 N–H and O–H groups in total. The number of hydrogen-bond donors (Lipinski definition) is 2. The number of hydrogen-bond acceptors (Lipinski definition) is 7. The summed E-state index contributed by atoms with van der Waals surface area (Å²) < 4.78 is 0. The van der Waals surface area contributed by atoms with Gasteiger partial charge in [-0.15, -0.1) is 4.80 Å². The number of aromatic nitrogens is 6. The number of nitrogens with zero attached hydrogens (tertiary/aromatic N) is 6. The Kier molecular flexibility index (Phi) is 4.34. The van der Waals surface area contributed by atoms with E-state index < -0.39 is 5.91 Å². The molecule has 3 rings (SSSR count). The highest BCUT2D eigenvalue weighted by molar-refractivity contribution is 6.31. The Morgan fingerprint density at radius 1 is 1.29 bits per heavy atom. The maximum Gasteiger partial charge on any atom is 0.274 e. The summed E-state index contributed by atoms with van der Waals surface area (Å²) in [4.78, 5) is 25.7. The van der Waals surface area contributed by atoms with Crippen molar-refractivity contribution >= 4 is 23.3 Å². The van der Waals surface area contributed by atoms with Crippen molar-refractivity contribution in [2.75, 3.05) is 5.73 Å². The van der Waals surface area contributed by atoms with Gasteiger partial charge in [-0.1, -0.05) is 17.7 Å². The van der Waals surface area contributed by atoms with Gasteiger partial charge in [0.1, 0.15) is 0 Å². The fourth-order valence-electron chi connectivity index (χ4n) is 1.99. The number of nitrogen functional groups attached to an aromatic ring is 1. The fourth-order valence-corrected chi connectivity index (χ4v) is 2.19. The van der Waals surface area contributed by atoms with Crippen LogP contribution in [-0.4, -0.2) is 35.9 Å². The van der Waals surface area contributed by atoms with Crippen molar-refractivity contribution in [2.24, 2.45) is 0 Å². The number of rotatable bonds is 4. The normalized spacial score (nSPS) is 10.6. The SMILES string of the molecule is Cc1cccnc1CNC(=O)c1nc(Cl)c(-n2nccn2)nc1N. The summed E-state index contributed by atoms with van der Waals surface area (Å²) in [6.45, 7) is 2.15. The fraction of sp³-hybridized carbons (Fsp3) is 0.143. The molecule has 0 bridgehead atoms. The molecule has 122 valence electrons. The average Bonchev–Trinajstić information content (AvgIpc) is 3.10. The van der Waals surface area contributed by atoms with Gasteiger partial charge < -0.3 is 11.1 Å². The van der Waals surface area contributed by atoms with Gasteiger partial charge in [0, 0.05) is 6.20 Å². The largest absolute Gasteiger partial charge is 0.382 e. The molecule has 0 aliphatic carbocycles. The summed E-state index contributed by atoms with van der Waals surface area (Å²) in [5, 5.41) is 10.5. The zero-order chi connectivity index (χ0) is 17.1. The number of halogens is 1. The highest BCUT2D eigenvalue weighted by Gasteiger charge is 2.18. The van der Waals surface area contributed by atoms with E-state index in [0.29, 0.717) is 0 Å². The summed E-state index contributed by atoms with van der Waals surface area (Å²) in [6.07, 6.45) is 4.58. The van der Waals surface area contributed by atoms with E-state index in [1.807, 2.05) is 19.1 Å². The molecular formula is C14H13ClN8O. The standard InChI is InChI=1S/C14H13ClN8O/c1-8-3-2-4-17-9(8)7-18-14(24)10-12(16)22-13(11(15)21-10)23-19-5-6-20-23/h2-6H,7H2,1H3,(H2,16,22)(H,18,24). The smallest absolute Gasteiger partial charge is 0.274 e. The number of pyridine rings is 1. The second-order valence-electron chi connectivity index (χ2n) is 4.84. The van der Waals surface area contributed by atoms with Crippen LogP contribution >= 0.6 is 11.6 Å². The number of nitrogens with one attached hydrogen (secondary N) is 1.